The predicted molar refractivity (Wildman–Crippen MR) is 59.2 cm³/mol. The standard InChI is InChI=1S/C13H12O4/c14-12(9-6-10(9)13(15)16)8-1-2-11-7(5-8)3-4-17-11/h1-2,5,9-10H,3-4,6H2,(H,15,16)/t9?,10-/m0/s1. The molecular formula is C13H12O4. The zero-order chi connectivity index (χ0) is 12.0. The minimum atomic E-state index is -0.868. The Bertz CT molecular complexity index is 506. The highest BCUT2D eigenvalue weighted by molar-refractivity contribution is 6.02. The van der Waals surface area contributed by atoms with E-state index in [-0.39, 0.29) is 11.7 Å². The van der Waals surface area contributed by atoms with Crippen LogP contribution in [0.15, 0.2) is 18.2 Å². The highest BCUT2D eigenvalue weighted by Gasteiger charge is 2.48. The topological polar surface area (TPSA) is 63.6 Å². The van der Waals surface area contributed by atoms with Crippen LogP contribution < -0.4 is 4.74 Å². The van der Waals surface area contributed by atoms with Gasteiger partial charge in [-0.05, 0) is 30.2 Å². The number of hydrogen-bond acceptors (Lipinski definition) is 3. The predicted octanol–water partition coefficient (Wildman–Crippen LogP) is 1.52. The van der Waals surface area contributed by atoms with Crippen molar-refractivity contribution in [2.24, 2.45) is 11.8 Å². The number of rotatable bonds is 3. The van der Waals surface area contributed by atoms with Gasteiger partial charge in [-0.2, -0.15) is 0 Å². The maximum absolute atomic E-state index is 12.0. The molecule has 1 aliphatic carbocycles. The van der Waals surface area contributed by atoms with E-state index in [9.17, 15) is 9.59 Å². The fraction of sp³-hybridized carbons (Fsp3) is 0.385. The van der Waals surface area contributed by atoms with Crippen LogP contribution in [0.4, 0.5) is 0 Å². The molecule has 3 rings (SSSR count). The van der Waals surface area contributed by atoms with Gasteiger partial charge in [0.2, 0.25) is 0 Å². The Hall–Kier alpha value is -1.84. The van der Waals surface area contributed by atoms with Crippen molar-refractivity contribution in [2.45, 2.75) is 12.8 Å². The normalized spacial score (nSPS) is 24.9. The lowest BCUT2D eigenvalue weighted by Gasteiger charge is -2.02. The second-order valence-electron chi connectivity index (χ2n) is 4.57. The van der Waals surface area contributed by atoms with Gasteiger partial charge in [0.1, 0.15) is 5.75 Å². The Morgan fingerprint density at radius 3 is 2.82 bits per heavy atom. The summed E-state index contributed by atoms with van der Waals surface area (Å²) in [5.74, 6) is -0.882. The molecule has 1 aromatic carbocycles. The van der Waals surface area contributed by atoms with Gasteiger partial charge in [-0.15, -0.1) is 0 Å². The number of carbonyl (C=O) groups is 2. The summed E-state index contributed by atoms with van der Waals surface area (Å²) in [6, 6.07) is 5.36. The first-order valence-corrected chi connectivity index (χ1v) is 5.69. The monoisotopic (exact) mass is 232 g/mol. The third-order valence-corrected chi connectivity index (χ3v) is 3.42. The van der Waals surface area contributed by atoms with E-state index in [1.165, 1.54) is 0 Å². The van der Waals surface area contributed by atoms with Crippen molar-refractivity contribution in [3.05, 3.63) is 29.3 Å². The smallest absolute Gasteiger partial charge is 0.307 e. The third-order valence-electron chi connectivity index (χ3n) is 3.42. The first kappa shape index (κ1) is 10.3. The van der Waals surface area contributed by atoms with Gasteiger partial charge in [0.05, 0.1) is 12.5 Å². The molecule has 1 heterocycles. The van der Waals surface area contributed by atoms with E-state index in [1.807, 2.05) is 6.07 Å². The van der Waals surface area contributed by atoms with Gasteiger partial charge < -0.3 is 9.84 Å². The molecule has 2 atom stereocenters. The van der Waals surface area contributed by atoms with Crippen molar-refractivity contribution in [1.29, 1.82) is 0 Å². The molecule has 0 amide bonds. The lowest BCUT2D eigenvalue weighted by molar-refractivity contribution is -0.138. The van der Waals surface area contributed by atoms with Gasteiger partial charge in [-0.25, -0.2) is 0 Å². The molecule has 1 aromatic rings. The Morgan fingerprint density at radius 2 is 2.12 bits per heavy atom. The van der Waals surface area contributed by atoms with Crippen molar-refractivity contribution < 1.29 is 19.4 Å². The number of carbonyl (C=O) groups excluding carboxylic acids is 1. The zero-order valence-corrected chi connectivity index (χ0v) is 9.18. The summed E-state index contributed by atoms with van der Waals surface area (Å²) in [4.78, 5) is 22.7. The summed E-state index contributed by atoms with van der Waals surface area (Å²) in [7, 11) is 0. The Kier molecular flexibility index (Phi) is 2.18. The average molecular weight is 232 g/mol. The highest BCUT2D eigenvalue weighted by atomic mass is 16.5. The number of benzene rings is 1. The van der Waals surface area contributed by atoms with Crippen LogP contribution in [-0.2, 0) is 11.2 Å². The van der Waals surface area contributed by atoms with Gasteiger partial charge in [-0.1, -0.05) is 0 Å². The Labute approximate surface area is 98.2 Å². The van der Waals surface area contributed by atoms with Gasteiger partial charge >= 0.3 is 5.97 Å². The SMILES string of the molecule is O=C(c1ccc2c(c1)CCO2)C1C[C@@H]1C(=O)O. The molecule has 4 heteroatoms. The number of Topliss-reactive ketones (excluding diaryl/α,β-unsaturated/α-hetero) is 1. The van der Waals surface area contributed by atoms with E-state index >= 15 is 0 Å². The number of ether oxygens (including phenoxy) is 1. The Balaban J connectivity index is 1.81. The maximum Gasteiger partial charge on any atom is 0.307 e. The molecule has 0 spiro atoms. The summed E-state index contributed by atoms with van der Waals surface area (Å²) in [6.45, 7) is 0.661. The molecule has 0 aromatic heterocycles. The van der Waals surface area contributed by atoms with Crippen LogP contribution >= 0.6 is 0 Å². The molecule has 88 valence electrons. The fourth-order valence-corrected chi connectivity index (χ4v) is 2.31. The van der Waals surface area contributed by atoms with Gasteiger partial charge in [0.15, 0.2) is 5.78 Å². The second-order valence-corrected chi connectivity index (χ2v) is 4.57. The largest absolute Gasteiger partial charge is 0.493 e. The summed E-state index contributed by atoms with van der Waals surface area (Å²) in [6.07, 6.45) is 1.30. The second kappa shape index (κ2) is 3.58. The van der Waals surface area contributed by atoms with Gasteiger partial charge in [0.25, 0.3) is 0 Å². The van der Waals surface area contributed by atoms with Crippen LogP contribution in [0.5, 0.6) is 5.75 Å². The van der Waals surface area contributed by atoms with E-state index in [0.29, 0.717) is 18.6 Å². The molecule has 4 nitrogen and oxygen atoms in total. The summed E-state index contributed by atoms with van der Waals surface area (Å²) >= 11 is 0. The van der Waals surface area contributed by atoms with Crippen LogP contribution in [0.2, 0.25) is 0 Å². The number of carboxylic acids is 1. The quantitative estimate of drug-likeness (QED) is 0.802. The average Bonchev–Trinajstić information content (AvgIpc) is 2.99. The van der Waals surface area contributed by atoms with Gasteiger partial charge in [0, 0.05) is 17.9 Å². The van der Waals surface area contributed by atoms with Crippen LogP contribution in [-0.4, -0.2) is 23.5 Å². The first-order chi connectivity index (χ1) is 8.16. The van der Waals surface area contributed by atoms with Crippen molar-refractivity contribution in [2.75, 3.05) is 6.61 Å². The number of fused-ring (bicyclic) bond motifs is 1. The zero-order valence-electron chi connectivity index (χ0n) is 9.18. The molecule has 0 bridgehead atoms. The maximum atomic E-state index is 12.0. The van der Waals surface area contributed by atoms with E-state index in [1.54, 1.807) is 12.1 Å². The summed E-state index contributed by atoms with van der Waals surface area (Å²) in [5.41, 5.74) is 1.66. The lowest BCUT2D eigenvalue weighted by atomic mass is 10.0. The van der Waals surface area contributed by atoms with Crippen molar-refractivity contribution in [3.63, 3.8) is 0 Å². The van der Waals surface area contributed by atoms with Crippen molar-refractivity contribution >= 4 is 11.8 Å². The molecule has 2 aliphatic rings. The molecule has 0 radical (unpaired) electrons. The van der Waals surface area contributed by atoms with Gasteiger partial charge in [-0.3, -0.25) is 9.59 Å². The van der Waals surface area contributed by atoms with E-state index in [2.05, 4.69) is 0 Å². The highest BCUT2D eigenvalue weighted by Crippen LogP contribution is 2.41. The van der Waals surface area contributed by atoms with Crippen molar-refractivity contribution in [1.82, 2.24) is 0 Å². The molecule has 1 N–H and O–H groups in total. The third kappa shape index (κ3) is 1.69. The molecule has 17 heavy (non-hydrogen) atoms. The number of hydrogen-bond donors (Lipinski definition) is 1. The number of carboxylic acid groups (broad SMARTS) is 1. The Morgan fingerprint density at radius 1 is 1.29 bits per heavy atom. The molecule has 1 aliphatic heterocycles. The van der Waals surface area contributed by atoms with E-state index in [0.717, 1.165) is 17.7 Å². The van der Waals surface area contributed by atoms with E-state index < -0.39 is 11.9 Å². The number of aliphatic carboxylic acids is 1. The fourth-order valence-electron chi connectivity index (χ4n) is 2.31. The number of ketones is 1. The summed E-state index contributed by atoms with van der Waals surface area (Å²) in [5, 5.41) is 8.80. The van der Waals surface area contributed by atoms with Crippen LogP contribution in [0.1, 0.15) is 22.3 Å². The minimum absolute atomic E-state index is 0.0490. The first-order valence-electron chi connectivity index (χ1n) is 5.69. The molecular weight excluding hydrogens is 220 g/mol. The van der Waals surface area contributed by atoms with Crippen molar-refractivity contribution in [3.8, 4) is 5.75 Å². The van der Waals surface area contributed by atoms with Crippen LogP contribution in [0, 0.1) is 11.8 Å². The van der Waals surface area contributed by atoms with Crippen LogP contribution in [0.3, 0.4) is 0 Å². The van der Waals surface area contributed by atoms with Crippen LogP contribution in [0.25, 0.3) is 0 Å². The molecule has 1 saturated carbocycles. The van der Waals surface area contributed by atoms with E-state index in [4.69, 9.17) is 9.84 Å². The summed E-state index contributed by atoms with van der Waals surface area (Å²) < 4.78 is 5.36. The minimum Gasteiger partial charge on any atom is -0.493 e. The molecule has 0 saturated heterocycles. The lowest BCUT2D eigenvalue weighted by Crippen LogP contribution is -2.08. The molecule has 1 fully saturated rings. The molecule has 1 unspecified atom stereocenters.